The van der Waals surface area contributed by atoms with Crippen LogP contribution in [0.5, 0.6) is 0 Å². The van der Waals surface area contributed by atoms with Crippen LogP contribution in [0.15, 0.2) is 11.6 Å². The highest BCUT2D eigenvalue weighted by Crippen LogP contribution is 2.67. The largest absolute Gasteiger partial charge is 0.394 e. The maximum Gasteiger partial charge on any atom is 0.394 e. The Labute approximate surface area is 205 Å². The fourth-order valence-electron chi connectivity index (χ4n) is 8.43. The number of fused-ring (bicyclic) bond motifs is 5. The Balaban J connectivity index is 0.00000158. The van der Waals surface area contributed by atoms with Crippen molar-refractivity contribution in [1.29, 1.82) is 0 Å². The predicted molar refractivity (Wildman–Crippen MR) is 132 cm³/mol. The van der Waals surface area contributed by atoms with Gasteiger partial charge < -0.3 is 10.2 Å². The van der Waals surface area contributed by atoms with Crippen LogP contribution in [-0.2, 0) is 0 Å². The molecule has 0 aliphatic heterocycles. The highest BCUT2D eigenvalue weighted by atomic mass is 19.4. The van der Waals surface area contributed by atoms with Crippen molar-refractivity contribution in [2.75, 3.05) is 0 Å². The Morgan fingerprint density at radius 1 is 1.03 bits per heavy atom. The molecule has 4 rings (SSSR count). The number of rotatable bonds is 5. The van der Waals surface area contributed by atoms with E-state index in [9.17, 15) is 23.4 Å². The van der Waals surface area contributed by atoms with Gasteiger partial charge in [0.1, 0.15) is 0 Å². The molecule has 9 atom stereocenters. The lowest BCUT2D eigenvalue weighted by Crippen LogP contribution is -2.51. The molecule has 3 saturated carbocycles. The predicted octanol–water partition coefficient (Wildman–Crippen LogP) is 8.07. The van der Waals surface area contributed by atoms with E-state index in [2.05, 4.69) is 19.9 Å². The van der Waals surface area contributed by atoms with Gasteiger partial charge in [0, 0.05) is 0 Å². The van der Waals surface area contributed by atoms with Gasteiger partial charge in [-0.3, -0.25) is 0 Å². The van der Waals surface area contributed by atoms with Crippen LogP contribution in [0, 0.1) is 40.4 Å². The lowest BCUT2D eigenvalue weighted by Gasteiger charge is -2.59. The molecule has 0 aromatic rings. The van der Waals surface area contributed by atoms with E-state index in [4.69, 9.17) is 0 Å². The zero-order chi connectivity index (χ0) is 25.5. The molecular weight excluding hydrogens is 437 g/mol. The molecule has 2 N–H and O–H groups in total. The van der Waals surface area contributed by atoms with Gasteiger partial charge in [0.2, 0.25) is 0 Å². The van der Waals surface area contributed by atoms with Crippen LogP contribution in [0.3, 0.4) is 0 Å². The molecule has 0 bridgehead atoms. The molecule has 3 fully saturated rings. The average molecular weight is 487 g/mol. The van der Waals surface area contributed by atoms with Crippen LogP contribution in [0.2, 0.25) is 0 Å². The van der Waals surface area contributed by atoms with Crippen molar-refractivity contribution in [2.45, 2.75) is 130 Å². The van der Waals surface area contributed by atoms with E-state index in [1.807, 2.05) is 20.8 Å². The summed E-state index contributed by atoms with van der Waals surface area (Å²) in [4.78, 5) is 0. The maximum absolute atomic E-state index is 12.9. The first kappa shape index (κ1) is 28.0. The van der Waals surface area contributed by atoms with Crippen LogP contribution in [0.1, 0.15) is 112 Å². The molecule has 0 radical (unpaired) electrons. The minimum Gasteiger partial charge on any atom is -0.393 e. The number of halogens is 3. The second-order valence-electron chi connectivity index (χ2n) is 12.6. The van der Waals surface area contributed by atoms with Crippen LogP contribution >= 0.6 is 0 Å². The standard InChI is InChI=1S/C27H43F3O2.C2H6/c1-17(27(28,29)30)23(31)7-5-6-18-9-11-21-20-10-8-19-16-24(2,32)14-15-26(19,4)22(20)12-13-25(18,21)3;1-2/h8,17-18,20-23,31-32H,5-7,9-16H2,1-4H3;1-2H3/t17?,18?,20?,21?,22?,23?,24-,25?,26-;/m0./s1. The van der Waals surface area contributed by atoms with Gasteiger partial charge in [-0.25, -0.2) is 0 Å². The molecule has 198 valence electrons. The Morgan fingerprint density at radius 3 is 2.35 bits per heavy atom. The maximum atomic E-state index is 12.9. The Hall–Kier alpha value is -0.550. The summed E-state index contributed by atoms with van der Waals surface area (Å²) in [5.41, 5.74) is 1.43. The van der Waals surface area contributed by atoms with Gasteiger partial charge in [-0.1, -0.05) is 52.7 Å². The topological polar surface area (TPSA) is 40.5 Å². The molecule has 0 saturated heterocycles. The lowest BCUT2D eigenvalue weighted by molar-refractivity contribution is -0.195. The van der Waals surface area contributed by atoms with E-state index >= 15 is 0 Å². The number of allylic oxidation sites excluding steroid dienone is 1. The van der Waals surface area contributed by atoms with Crippen LogP contribution in [0.25, 0.3) is 0 Å². The van der Waals surface area contributed by atoms with Crippen molar-refractivity contribution in [1.82, 2.24) is 0 Å². The van der Waals surface area contributed by atoms with Gasteiger partial charge in [0.05, 0.1) is 17.6 Å². The third kappa shape index (κ3) is 5.12. The number of hydrogen-bond acceptors (Lipinski definition) is 2. The SMILES string of the molecule is CC.CC(C(O)CCCC1CCC2C3CC=C4C[C@@](C)(O)CC[C@]4(C)C3CCC12C)C(F)(F)F. The Kier molecular flexibility index (Phi) is 8.30. The fraction of sp³-hybridized carbons (Fsp3) is 0.931. The summed E-state index contributed by atoms with van der Waals surface area (Å²) in [6.45, 7) is 12.0. The Morgan fingerprint density at radius 2 is 1.71 bits per heavy atom. The van der Waals surface area contributed by atoms with Crippen molar-refractivity contribution < 1.29 is 23.4 Å². The van der Waals surface area contributed by atoms with Crippen molar-refractivity contribution >= 4 is 0 Å². The number of aliphatic hydroxyl groups excluding tert-OH is 1. The molecule has 0 heterocycles. The van der Waals surface area contributed by atoms with Gasteiger partial charge in [-0.15, -0.1) is 0 Å². The second kappa shape index (κ2) is 10.1. The summed E-state index contributed by atoms with van der Waals surface area (Å²) in [6.07, 6.45) is 7.47. The average Bonchev–Trinajstić information content (AvgIpc) is 3.10. The zero-order valence-corrected chi connectivity index (χ0v) is 22.3. The van der Waals surface area contributed by atoms with Crippen molar-refractivity contribution in [3.63, 3.8) is 0 Å². The third-order valence-electron chi connectivity index (χ3n) is 10.7. The van der Waals surface area contributed by atoms with Crippen LogP contribution in [0.4, 0.5) is 13.2 Å². The summed E-state index contributed by atoms with van der Waals surface area (Å²) < 4.78 is 38.6. The van der Waals surface area contributed by atoms with Crippen LogP contribution < -0.4 is 0 Å². The highest BCUT2D eigenvalue weighted by molar-refractivity contribution is 5.26. The minimum absolute atomic E-state index is 0.225. The van der Waals surface area contributed by atoms with E-state index in [0.717, 1.165) is 39.0 Å². The molecule has 0 aromatic heterocycles. The van der Waals surface area contributed by atoms with Gasteiger partial charge in [0.15, 0.2) is 0 Å². The Bertz CT molecular complexity index is 729. The van der Waals surface area contributed by atoms with E-state index in [-0.39, 0.29) is 17.3 Å². The monoisotopic (exact) mass is 486 g/mol. The summed E-state index contributed by atoms with van der Waals surface area (Å²) in [5, 5.41) is 20.6. The van der Waals surface area contributed by atoms with E-state index in [1.54, 1.807) is 0 Å². The summed E-state index contributed by atoms with van der Waals surface area (Å²) >= 11 is 0. The van der Waals surface area contributed by atoms with Crippen molar-refractivity contribution in [3.8, 4) is 0 Å². The molecule has 0 amide bonds. The van der Waals surface area contributed by atoms with E-state index in [1.165, 1.54) is 31.3 Å². The fourth-order valence-corrected chi connectivity index (χ4v) is 8.43. The van der Waals surface area contributed by atoms with Gasteiger partial charge >= 0.3 is 6.18 Å². The number of hydrogen-bond donors (Lipinski definition) is 2. The van der Waals surface area contributed by atoms with E-state index < -0.39 is 23.8 Å². The molecule has 0 aromatic carbocycles. The first-order valence-electron chi connectivity index (χ1n) is 13.9. The molecule has 5 heteroatoms. The highest BCUT2D eigenvalue weighted by Gasteiger charge is 2.58. The van der Waals surface area contributed by atoms with Gasteiger partial charge in [-0.2, -0.15) is 13.2 Å². The first-order valence-corrected chi connectivity index (χ1v) is 13.9. The molecule has 4 aliphatic rings. The second-order valence-corrected chi connectivity index (χ2v) is 12.6. The van der Waals surface area contributed by atoms with Gasteiger partial charge in [0.25, 0.3) is 0 Å². The lowest BCUT2D eigenvalue weighted by atomic mass is 9.46. The summed E-state index contributed by atoms with van der Waals surface area (Å²) in [7, 11) is 0. The smallest absolute Gasteiger partial charge is 0.393 e. The minimum atomic E-state index is -4.32. The molecular formula is C29H49F3O2. The summed E-state index contributed by atoms with van der Waals surface area (Å²) in [6, 6.07) is 0. The molecule has 7 unspecified atom stereocenters. The molecule has 2 nitrogen and oxygen atoms in total. The quantitative estimate of drug-likeness (QED) is 0.386. The summed E-state index contributed by atoms with van der Waals surface area (Å²) in [5.74, 6) is 1.01. The number of alkyl halides is 3. The van der Waals surface area contributed by atoms with Gasteiger partial charge in [-0.05, 0) is 106 Å². The third-order valence-corrected chi connectivity index (χ3v) is 10.7. The molecule has 0 spiro atoms. The van der Waals surface area contributed by atoms with E-state index in [0.29, 0.717) is 30.1 Å². The normalized spacial score (nSPS) is 43.4. The zero-order valence-electron chi connectivity index (χ0n) is 22.3. The first-order chi connectivity index (χ1) is 15.8. The van der Waals surface area contributed by atoms with Crippen molar-refractivity contribution in [2.24, 2.45) is 40.4 Å². The van der Waals surface area contributed by atoms with Crippen molar-refractivity contribution in [3.05, 3.63) is 11.6 Å². The number of aliphatic hydroxyl groups is 2. The van der Waals surface area contributed by atoms with Crippen LogP contribution in [-0.4, -0.2) is 28.1 Å². The molecule has 4 aliphatic carbocycles. The molecule has 34 heavy (non-hydrogen) atoms.